The fourth-order valence-corrected chi connectivity index (χ4v) is 2.27. The van der Waals surface area contributed by atoms with Gasteiger partial charge in [0.1, 0.15) is 5.82 Å². The van der Waals surface area contributed by atoms with Crippen molar-refractivity contribution >= 4 is 15.9 Å². The summed E-state index contributed by atoms with van der Waals surface area (Å²) < 4.78 is 14.6. The second-order valence-electron chi connectivity index (χ2n) is 4.33. The minimum absolute atomic E-state index is 0.163. The Bertz CT molecular complexity index is 426. The Kier molecular flexibility index (Phi) is 5.10. The highest BCUT2D eigenvalue weighted by molar-refractivity contribution is 9.10. The highest BCUT2D eigenvalue weighted by atomic mass is 79.9. The van der Waals surface area contributed by atoms with Crippen molar-refractivity contribution in [3.8, 4) is 6.07 Å². The molecule has 0 spiro atoms. The molecule has 0 saturated carbocycles. The molecule has 4 heteroatoms. The molecule has 0 aliphatic carbocycles. The summed E-state index contributed by atoms with van der Waals surface area (Å²) in [5.41, 5.74) is 0.530. The second kappa shape index (κ2) is 6.13. The average molecular weight is 299 g/mol. The molecular weight excluding hydrogens is 283 g/mol. The van der Waals surface area contributed by atoms with E-state index in [1.54, 1.807) is 19.2 Å². The lowest BCUT2D eigenvalue weighted by atomic mass is 9.85. The minimum Gasteiger partial charge on any atom is -0.312 e. The molecule has 0 heterocycles. The van der Waals surface area contributed by atoms with Gasteiger partial charge in [-0.25, -0.2) is 4.39 Å². The topological polar surface area (TPSA) is 35.8 Å². The van der Waals surface area contributed by atoms with Crippen LogP contribution in [0.2, 0.25) is 0 Å². The summed E-state index contributed by atoms with van der Waals surface area (Å²) in [5.74, 6) is -0.381. The third-order valence-corrected chi connectivity index (χ3v) is 3.32. The highest BCUT2D eigenvalue weighted by Gasteiger charge is 2.26. The number of nitrogens with one attached hydrogen (secondary N) is 1. The maximum Gasteiger partial charge on any atom is 0.128 e. The number of benzene rings is 1. The molecule has 0 aliphatic heterocycles. The number of nitrogens with zero attached hydrogens (tertiary/aromatic N) is 1. The van der Waals surface area contributed by atoms with Crippen molar-refractivity contribution < 1.29 is 4.39 Å². The standard InChI is InChI=1S/C13H16BrFN2/c1-8(2)11(7-16)13(17-3)10-6-9(14)4-5-12(10)15/h4-6,8,11,13,17H,1-3H3. The summed E-state index contributed by atoms with van der Waals surface area (Å²) in [6.45, 7) is 3.93. The third kappa shape index (κ3) is 3.27. The molecular formula is C13H16BrFN2. The van der Waals surface area contributed by atoms with E-state index in [4.69, 9.17) is 0 Å². The Morgan fingerprint density at radius 1 is 1.41 bits per heavy atom. The number of hydrogen-bond acceptors (Lipinski definition) is 2. The third-order valence-electron chi connectivity index (χ3n) is 2.83. The predicted octanol–water partition coefficient (Wildman–Crippen LogP) is 3.64. The summed E-state index contributed by atoms with van der Waals surface area (Å²) in [5, 5.41) is 12.2. The van der Waals surface area contributed by atoms with Crippen LogP contribution in [0.3, 0.4) is 0 Å². The van der Waals surface area contributed by atoms with Gasteiger partial charge in [0, 0.05) is 10.0 Å². The molecule has 0 aliphatic rings. The van der Waals surface area contributed by atoms with Gasteiger partial charge < -0.3 is 5.32 Å². The molecule has 2 unspecified atom stereocenters. The van der Waals surface area contributed by atoms with E-state index in [0.29, 0.717) is 5.56 Å². The highest BCUT2D eigenvalue weighted by Crippen LogP contribution is 2.30. The summed E-state index contributed by atoms with van der Waals surface area (Å²) in [4.78, 5) is 0. The van der Waals surface area contributed by atoms with E-state index >= 15 is 0 Å². The Balaban J connectivity index is 3.17. The van der Waals surface area contributed by atoms with E-state index in [-0.39, 0.29) is 23.7 Å². The summed E-state index contributed by atoms with van der Waals surface area (Å²) in [7, 11) is 1.75. The summed E-state index contributed by atoms with van der Waals surface area (Å²) >= 11 is 3.32. The van der Waals surface area contributed by atoms with Crippen molar-refractivity contribution in [2.75, 3.05) is 7.05 Å². The van der Waals surface area contributed by atoms with Gasteiger partial charge in [0.25, 0.3) is 0 Å². The number of hydrogen-bond donors (Lipinski definition) is 1. The van der Waals surface area contributed by atoms with Crippen LogP contribution in [0, 0.1) is 29.0 Å². The van der Waals surface area contributed by atoms with Gasteiger partial charge in [-0.05, 0) is 31.2 Å². The fourth-order valence-electron chi connectivity index (χ4n) is 1.89. The largest absolute Gasteiger partial charge is 0.312 e. The lowest BCUT2D eigenvalue weighted by Crippen LogP contribution is -2.28. The lowest BCUT2D eigenvalue weighted by Gasteiger charge is -2.25. The van der Waals surface area contributed by atoms with Gasteiger partial charge in [-0.3, -0.25) is 0 Å². The van der Waals surface area contributed by atoms with Gasteiger partial charge >= 0.3 is 0 Å². The van der Waals surface area contributed by atoms with Crippen LogP contribution in [-0.4, -0.2) is 7.05 Å². The Morgan fingerprint density at radius 2 is 2.06 bits per heavy atom. The maximum atomic E-state index is 13.8. The van der Waals surface area contributed by atoms with E-state index in [9.17, 15) is 9.65 Å². The van der Waals surface area contributed by atoms with Crippen LogP contribution >= 0.6 is 15.9 Å². The summed E-state index contributed by atoms with van der Waals surface area (Å²) in [6.07, 6.45) is 0. The summed E-state index contributed by atoms with van der Waals surface area (Å²) in [6, 6.07) is 6.75. The lowest BCUT2D eigenvalue weighted by molar-refractivity contribution is 0.354. The van der Waals surface area contributed by atoms with Crippen LogP contribution in [0.1, 0.15) is 25.5 Å². The van der Waals surface area contributed by atoms with Crippen LogP contribution in [0.4, 0.5) is 4.39 Å². The molecule has 1 aromatic rings. The molecule has 1 rings (SSSR count). The molecule has 0 aromatic heterocycles. The van der Waals surface area contributed by atoms with Crippen LogP contribution in [-0.2, 0) is 0 Å². The van der Waals surface area contributed by atoms with Gasteiger partial charge in [-0.2, -0.15) is 5.26 Å². The SMILES string of the molecule is CNC(c1cc(Br)ccc1F)C(C#N)C(C)C. The zero-order valence-electron chi connectivity index (χ0n) is 10.2. The molecule has 17 heavy (non-hydrogen) atoms. The van der Waals surface area contributed by atoms with E-state index in [2.05, 4.69) is 27.3 Å². The van der Waals surface area contributed by atoms with Gasteiger partial charge in [0.15, 0.2) is 0 Å². The number of halogens is 2. The van der Waals surface area contributed by atoms with Gasteiger partial charge in [0.05, 0.1) is 18.0 Å². The molecule has 0 radical (unpaired) electrons. The Labute approximate surface area is 110 Å². The van der Waals surface area contributed by atoms with Crippen molar-refractivity contribution in [2.45, 2.75) is 19.9 Å². The first-order valence-electron chi connectivity index (χ1n) is 5.53. The van der Waals surface area contributed by atoms with Crippen molar-refractivity contribution in [3.63, 3.8) is 0 Å². The molecule has 2 nitrogen and oxygen atoms in total. The molecule has 1 aromatic carbocycles. The first kappa shape index (κ1) is 14.1. The smallest absolute Gasteiger partial charge is 0.128 e. The minimum atomic E-state index is -0.294. The van der Waals surface area contributed by atoms with E-state index < -0.39 is 0 Å². The van der Waals surface area contributed by atoms with E-state index in [1.165, 1.54) is 6.07 Å². The van der Waals surface area contributed by atoms with Crippen LogP contribution in [0.15, 0.2) is 22.7 Å². The molecule has 92 valence electrons. The Hall–Kier alpha value is -0.920. The molecule has 1 N–H and O–H groups in total. The normalized spacial score (nSPS) is 14.4. The zero-order valence-corrected chi connectivity index (χ0v) is 11.8. The van der Waals surface area contributed by atoms with Crippen molar-refractivity contribution in [1.82, 2.24) is 5.32 Å². The van der Waals surface area contributed by atoms with E-state index in [1.807, 2.05) is 13.8 Å². The average Bonchev–Trinajstić information content (AvgIpc) is 2.28. The fraction of sp³-hybridized carbons (Fsp3) is 0.462. The number of nitriles is 1. The first-order chi connectivity index (χ1) is 8.01. The molecule has 0 fully saturated rings. The molecule has 0 bridgehead atoms. The second-order valence-corrected chi connectivity index (χ2v) is 5.25. The van der Waals surface area contributed by atoms with Gasteiger partial charge in [-0.15, -0.1) is 0 Å². The van der Waals surface area contributed by atoms with Crippen LogP contribution in [0.25, 0.3) is 0 Å². The number of rotatable bonds is 4. The Morgan fingerprint density at radius 3 is 2.53 bits per heavy atom. The quantitative estimate of drug-likeness (QED) is 0.921. The van der Waals surface area contributed by atoms with Gasteiger partial charge in [0.2, 0.25) is 0 Å². The molecule has 0 amide bonds. The van der Waals surface area contributed by atoms with Gasteiger partial charge in [-0.1, -0.05) is 29.8 Å². The monoisotopic (exact) mass is 298 g/mol. The van der Waals surface area contributed by atoms with Crippen LogP contribution < -0.4 is 5.32 Å². The maximum absolute atomic E-state index is 13.8. The predicted molar refractivity (Wildman–Crippen MR) is 69.8 cm³/mol. The van der Waals surface area contributed by atoms with Crippen molar-refractivity contribution in [1.29, 1.82) is 5.26 Å². The molecule has 0 saturated heterocycles. The van der Waals surface area contributed by atoms with Crippen molar-refractivity contribution in [3.05, 3.63) is 34.1 Å². The van der Waals surface area contributed by atoms with Crippen LogP contribution in [0.5, 0.6) is 0 Å². The molecule has 2 atom stereocenters. The van der Waals surface area contributed by atoms with Crippen molar-refractivity contribution in [2.24, 2.45) is 11.8 Å². The zero-order chi connectivity index (χ0) is 13.0. The first-order valence-corrected chi connectivity index (χ1v) is 6.32. The van der Waals surface area contributed by atoms with E-state index in [0.717, 1.165) is 4.47 Å².